The van der Waals surface area contributed by atoms with E-state index in [2.05, 4.69) is 5.32 Å². The highest BCUT2D eigenvalue weighted by Gasteiger charge is 2.52. The fourth-order valence-electron chi connectivity index (χ4n) is 5.48. The molecule has 0 radical (unpaired) electrons. The predicted octanol–water partition coefficient (Wildman–Crippen LogP) is 5.84. The Bertz CT molecular complexity index is 1150. The second kappa shape index (κ2) is 13.6. The molecule has 2 amide bonds. The fourth-order valence-corrected chi connectivity index (χ4v) is 5.48. The van der Waals surface area contributed by atoms with Gasteiger partial charge in [-0.3, -0.25) is 0 Å². The molecule has 0 unspecified atom stereocenters. The standard InChI is InChI=1S/C32H44N2O7/c1-6-39-27-17-25(18-28(40-7-2)29(27)24-13-14-24)21(3)34(15-16-41-22(4)23-11-9-8-10-12-23)31(37)33-32(30(35)36)19-26(20-32)38-5/h8-12,17-18,21-22,24,26H,6-7,13-16,19-20H2,1-5H3,(H,33,37)(H,35,36)/t21-,22+,26-,32-/m1/s1. The van der Waals surface area contributed by atoms with Crippen molar-refractivity contribution in [1.29, 1.82) is 0 Å². The number of ether oxygens (including phenoxy) is 4. The smallest absolute Gasteiger partial charge is 0.329 e. The van der Waals surface area contributed by atoms with Gasteiger partial charge in [0.2, 0.25) is 0 Å². The largest absolute Gasteiger partial charge is 0.493 e. The summed E-state index contributed by atoms with van der Waals surface area (Å²) in [5.74, 6) is 0.909. The van der Waals surface area contributed by atoms with Gasteiger partial charge in [0, 0.05) is 32.1 Å². The lowest BCUT2D eigenvalue weighted by Crippen LogP contribution is -2.66. The van der Waals surface area contributed by atoms with E-state index in [1.54, 1.807) is 12.0 Å². The summed E-state index contributed by atoms with van der Waals surface area (Å²) in [5.41, 5.74) is 1.61. The summed E-state index contributed by atoms with van der Waals surface area (Å²) in [7, 11) is 1.55. The Morgan fingerprint density at radius 1 is 1.02 bits per heavy atom. The van der Waals surface area contributed by atoms with Crippen molar-refractivity contribution >= 4 is 12.0 Å². The zero-order valence-electron chi connectivity index (χ0n) is 24.9. The van der Waals surface area contributed by atoms with Gasteiger partial charge in [-0.05, 0) is 69.7 Å². The van der Waals surface area contributed by atoms with Gasteiger partial charge in [0.25, 0.3) is 0 Å². The summed E-state index contributed by atoms with van der Waals surface area (Å²) < 4.78 is 23.6. The number of urea groups is 1. The number of benzene rings is 2. The number of amides is 2. The van der Waals surface area contributed by atoms with Crippen molar-refractivity contribution in [2.24, 2.45) is 0 Å². The third kappa shape index (κ3) is 7.13. The van der Waals surface area contributed by atoms with Gasteiger partial charge in [0.05, 0.1) is 38.1 Å². The minimum Gasteiger partial charge on any atom is -0.493 e. The van der Waals surface area contributed by atoms with Crippen LogP contribution in [0, 0.1) is 0 Å². The van der Waals surface area contributed by atoms with E-state index in [4.69, 9.17) is 18.9 Å². The highest BCUT2D eigenvalue weighted by Crippen LogP contribution is 2.50. The number of hydrogen-bond acceptors (Lipinski definition) is 6. The van der Waals surface area contributed by atoms with Gasteiger partial charge in [0.15, 0.2) is 0 Å². The quantitative estimate of drug-likeness (QED) is 0.278. The maximum atomic E-state index is 13.8. The summed E-state index contributed by atoms with van der Waals surface area (Å²) in [6.45, 7) is 9.37. The first-order chi connectivity index (χ1) is 19.7. The molecule has 0 bridgehead atoms. The van der Waals surface area contributed by atoms with E-state index in [0.29, 0.717) is 19.1 Å². The maximum Gasteiger partial charge on any atom is 0.329 e. The minimum atomic E-state index is -1.36. The van der Waals surface area contributed by atoms with Gasteiger partial charge in [-0.2, -0.15) is 0 Å². The van der Waals surface area contributed by atoms with Crippen LogP contribution in [0.1, 0.15) is 88.1 Å². The summed E-state index contributed by atoms with van der Waals surface area (Å²) in [4.78, 5) is 27.7. The molecule has 2 saturated carbocycles. The van der Waals surface area contributed by atoms with Crippen LogP contribution in [-0.2, 0) is 14.3 Å². The van der Waals surface area contributed by atoms with E-state index in [0.717, 1.165) is 41.0 Å². The molecule has 224 valence electrons. The number of carboxylic acid groups (broad SMARTS) is 1. The Morgan fingerprint density at radius 3 is 2.15 bits per heavy atom. The molecule has 2 fully saturated rings. The lowest BCUT2D eigenvalue weighted by atomic mass is 9.74. The maximum absolute atomic E-state index is 13.8. The van der Waals surface area contributed by atoms with Gasteiger partial charge in [-0.1, -0.05) is 30.3 Å². The molecule has 2 N–H and O–H groups in total. The summed E-state index contributed by atoms with van der Waals surface area (Å²) in [6.07, 6.45) is 2.26. The number of carbonyl (C=O) groups is 2. The van der Waals surface area contributed by atoms with Crippen molar-refractivity contribution in [3.05, 3.63) is 59.2 Å². The number of carbonyl (C=O) groups excluding carboxylic acids is 1. The molecule has 2 aromatic rings. The third-order valence-corrected chi connectivity index (χ3v) is 8.13. The average Bonchev–Trinajstić information content (AvgIpc) is 3.78. The van der Waals surface area contributed by atoms with Crippen LogP contribution in [0.4, 0.5) is 4.79 Å². The van der Waals surface area contributed by atoms with Gasteiger partial charge >= 0.3 is 12.0 Å². The van der Waals surface area contributed by atoms with E-state index in [-0.39, 0.29) is 38.2 Å². The van der Waals surface area contributed by atoms with Crippen molar-refractivity contribution < 1.29 is 33.6 Å². The topological polar surface area (TPSA) is 107 Å². The Labute approximate surface area is 243 Å². The number of hydrogen-bond donors (Lipinski definition) is 2. The Hall–Kier alpha value is -3.30. The van der Waals surface area contributed by atoms with E-state index in [1.807, 2.05) is 70.2 Å². The number of aliphatic carboxylic acids is 1. The third-order valence-electron chi connectivity index (χ3n) is 8.13. The molecule has 4 rings (SSSR count). The number of nitrogens with one attached hydrogen (secondary N) is 1. The van der Waals surface area contributed by atoms with E-state index < -0.39 is 23.6 Å². The average molecular weight is 569 g/mol. The Kier molecular flexibility index (Phi) is 10.1. The molecule has 41 heavy (non-hydrogen) atoms. The summed E-state index contributed by atoms with van der Waals surface area (Å²) >= 11 is 0. The van der Waals surface area contributed by atoms with Crippen LogP contribution in [0.2, 0.25) is 0 Å². The van der Waals surface area contributed by atoms with E-state index in [1.165, 1.54) is 0 Å². The summed E-state index contributed by atoms with van der Waals surface area (Å²) in [6, 6.07) is 13.0. The van der Waals surface area contributed by atoms with Crippen LogP contribution in [0.5, 0.6) is 11.5 Å². The molecule has 0 spiro atoms. The van der Waals surface area contributed by atoms with Gasteiger partial charge in [-0.25, -0.2) is 9.59 Å². The molecular formula is C32H44N2O7. The van der Waals surface area contributed by atoms with Crippen molar-refractivity contribution in [3.63, 3.8) is 0 Å². The molecule has 9 heteroatoms. The van der Waals surface area contributed by atoms with E-state index in [9.17, 15) is 14.7 Å². The highest BCUT2D eigenvalue weighted by molar-refractivity contribution is 5.87. The zero-order valence-corrected chi connectivity index (χ0v) is 24.9. The molecule has 0 aliphatic heterocycles. The molecule has 2 aliphatic carbocycles. The van der Waals surface area contributed by atoms with Gasteiger partial charge < -0.3 is 34.3 Å². The Morgan fingerprint density at radius 2 is 1.63 bits per heavy atom. The lowest BCUT2D eigenvalue weighted by Gasteiger charge is -2.45. The number of carboxylic acids is 1. The molecule has 2 aromatic carbocycles. The normalized spacial score (nSPS) is 21.3. The lowest BCUT2D eigenvalue weighted by molar-refractivity contribution is -0.155. The molecular weight excluding hydrogens is 524 g/mol. The Balaban J connectivity index is 1.60. The molecule has 0 heterocycles. The number of rotatable bonds is 15. The first kappa shape index (κ1) is 30.7. The highest BCUT2D eigenvalue weighted by atomic mass is 16.5. The van der Waals surface area contributed by atoms with Crippen molar-refractivity contribution in [1.82, 2.24) is 10.2 Å². The van der Waals surface area contributed by atoms with Crippen LogP contribution in [0.15, 0.2) is 42.5 Å². The van der Waals surface area contributed by atoms with Crippen LogP contribution in [0.3, 0.4) is 0 Å². The molecule has 0 saturated heterocycles. The van der Waals surface area contributed by atoms with Crippen LogP contribution in [0.25, 0.3) is 0 Å². The monoisotopic (exact) mass is 568 g/mol. The minimum absolute atomic E-state index is 0.164. The van der Waals surface area contributed by atoms with Crippen molar-refractivity contribution in [2.45, 2.75) is 83.1 Å². The fraction of sp³-hybridized carbons (Fsp3) is 0.562. The second-order valence-electron chi connectivity index (χ2n) is 10.9. The van der Waals surface area contributed by atoms with Crippen molar-refractivity contribution in [2.75, 3.05) is 33.5 Å². The van der Waals surface area contributed by atoms with Crippen molar-refractivity contribution in [3.8, 4) is 11.5 Å². The molecule has 2 atom stereocenters. The van der Waals surface area contributed by atoms with E-state index >= 15 is 0 Å². The second-order valence-corrected chi connectivity index (χ2v) is 10.9. The number of methoxy groups -OCH3 is 1. The molecule has 2 aliphatic rings. The molecule has 0 aromatic heterocycles. The SMILES string of the molecule is CCOc1cc([C@@H](C)N(CCO[C@@H](C)c2ccccc2)C(=O)N[C@]2(C(=O)O)C[C@@H](OC)C2)cc(OCC)c1C1CC1. The number of nitrogens with zero attached hydrogens (tertiary/aromatic N) is 1. The predicted molar refractivity (Wildman–Crippen MR) is 156 cm³/mol. The van der Waals surface area contributed by atoms with Gasteiger partial charge in [0.1, 0.15) is 17.0 Å². The first-order valence-corrected chi connectivity index (χ1v) is 14.7. The summed E-state index contributed by atoms with van der Waals surface area (Å²) in [5, 5.41) is 12.8. The van der Waals surface area contributed by atoms with Gasteiger partial charge in [-0.15, -0.1) is 0 Å². The van der Waals surface area contributed by atoms with Crippen LogP contribution in [-0.4, -0.2) is 67.1 Å². The molecule has 9 nitrogen and oxygen atoms in total. The zero-order chi connectivity index (χ0) is 29.6. The van der Waals surface area contributed by atoms with Crippen LogP contribution >= 0.6 is 0 Å². The first-order valence-electron chi connectivity index (χ1n) is 14.7. The van der Waals surface area contributed by atoms with Crippen LogP contribution < -0.4 is 14.8 Å².